The molecule has 0 aromatic carbocycles. The van der Waals surface area contributed by atoms with Gasteiger partial charge in [0.1, 0.15) is 6.10 Å². The van der Waals surface area contributed by atoms with Gasteiger partial charge in [0.15, 0.2) is 0 Å². The fourth-order valence-electron chi connectivity index (χ4n) is 2.49. The summed E-state index contributed by atoms with van der Waals surface area (Å²) in [4.78, 5) is 6.92. The largest absolute Gasteiger partial charge is 0.367 e. The molecule has 1 aliphatic heterocycles. The van der Waals surface area contributed by atoms with Crippen molar-refractivity contribution in [2.45, 2.75) is 51.2 Å². The van der Waals surface area contributed by atoms with Gasteiger partial charge >= 0.3 is 0 Å². The lowest BCUT2D eigenvalue weighted by molar-refractivity contribution is -0.0450. The van der Waals surface area contributed by atoms with Gasteiger partial charge in [-0.3, -0.25) is 4.90 Å². The van der Waals surface area contributed by atoms with Gasteiger partial charge in [-0.05, 0) is 26.7 Å². The molecule has 3 rings (SSSR count). The normalized spacial score (nSPS) is 26.5. The lowest BCUT2D eigenvalue weighted by Gasteiger charge is -2.34. The van der Waals surface area contributed by atoms with Crippen LogP contribution in [0.3, 0.4) is 0 Å². The van der Waals surface area contributed by atoms with E-state index in [0.717, 1.165) is 31.4 Å². The van der Waals surface area contributed by atoms with E-state index < -0.39 is 0 Å². The SMILES string of the molecule is CC(C)N1CCO[C@@H](c2noc(C3CCC3)n2)C1. The highest BCUT2D eigenvalue weighted by molar-refractivity contribution is 5.01. The molecule has 0 N–H and O–H groups in total. The number of aromatic nitrogens is 2. The predicted octanol–water partition coefficient (Wildman–Crippen LogP) is 2.12. The highest BCUT2D eigenvalue weighted by atomic mass is 16.5. The van der Waals surface area contributed by atoms with E-state index in [1.165, 1.54) is 19.3 Å². The third-order valence-corrected chi connectivity index (χ3v) is 4.03. The second kappa shape index (κ2) is 4.97. The van der Waals surface area contributed by atoms with E-state index in [9.17, 15) is 0 Å². The topological polar surface area (TPSA) is 51.4 Å². The Morgan fingerprint density at radius 3 is 2.83 bits per heavy atom. The van der Waals surface area contributed by atoms with Crippen LogP contribution in [0.2, 0.25) is 0 Å². The number of hydrogen-bond donors (Lipinski definition) is 0. The molecule has 5 heteroatoms. The minimum Gasteiger partial charge on any atom is -0.367 e. The molecule has 0 spiro atoms. The number of hydrogen-bond acceptors (Lipinski definition) is 5. The fraction of sp³-hybridized carbons (Fsp3) is 0.846. The highest BCUT2D eigenvalue weighted by Gasteiger charge is 2.30. The molecule has 1 saturated heterocycles. The van der Waals surface area contributed by atoms with Crippen molar-refractivity contribution in [3.63, 3.8) is 0 Å². The first-order chi connectivity index (χ1) is 8.74. The van der Waals surface area contributed by atoms with Gasteiger partial charge in [-0.25, -0.2) is 0 Å². The zero-order valence-electron chi connectivity index (χ0n) is 11.1. The Kier molecular flexibility index (Phi) is 3.35. The lowest BCUT2D eigenvalue weighted by Crippen LogP contribution is -2.42. The summed E-state index contributed by atoms with van der Waals surface area (Å²) in [6.07, 6.45) is 3.62. The van der Waals surface area contributed by atoms with Crippen LogP contribution >= 0.6 is 0 Å². The third-order valence-electron chi connectivity index (χ3n) is 4.03. The summed E-state index contributed by atoms with van der Waals surface area (Å²) in [6, 6.07) is 0.536. The molecule has 2 aliphatic rings. The predicted molar refractivity (Wildman–Crippen MR) is 66.3 cm³/mol. The maximum Gasteiger partial charge on any atom is 0.229 e. The maximum atomic E-state index is 5.76. The van der Waals surface area contributed by atoms with Gasteiger partial charge in [0.05, 0.1) is 6.61 Å². The van der Waals surface area contributed by atoms with Crippen LogP contribution in [-0.4, -0.2) is 40.8 Å². The van der Waals surface area contributed by atoms with Crippen LogP contribution < -0.4 is 0 Å². The van der Waals surface area contributed by atoms with Crippen LogP contribution in [0.5, 0.6) is 0 Å². The van der Waals surface area contributed by atoms with Gasteiger partial charge < -0.3 is 9.26 Å². The molecule has 18 heavy (non-hydrogen) atoms. The van der Waals surface area contributed by atoms with Crippen molar-refractivity contribution in [2.24, 2.45) is 0 Å². The number of rotatable bonds is 3. The van der Waals surface area contributed by atoms with Gasteiger partial charge in [0.2, 0.25) is 11.7 Å². The zero-order chi connectivity index (χ0) is 12.5. The molecule has 0 bridgehead atoms. The molecule has 0 amide bonds. The van der Waals surface area contributed by atoms with Gasteiger partial charge in [-0.1, -0.05) is 11.6 Å². The second-order valence-corrected chi connectivity index (χ2v) is 5.57. The van der Waals surface area contributed by atoms with Crippen molar-refractivity contribution in [2.75, 3.05) is 19.7 Å². The molecule has 1 aromatic heterocycles. The van der Waals surface area contributed by atoms with Crippen molar-refractivity contribution in [3.05, 3.63) is 11.7 Å². The van der Waals surface area contributed by atoms with Gasteiger partial charge in [0, 0.05) is 25.0 Å². The molecule has 1 atom stereocenters. The third kappa shape index (κ3) is 2.29. The summed E-state index contributed by atoms with van der Waals surface area (Å²) >= 11 is 0. The van der Waals surface area contributed by atoms with E-state index >= 15 is 0 Å². The monoisotopic (exact) mass is 251 g/mol. The standard InChI is InChI=1S/C13H21N3O2/c1-9(2)16-6-7-17-11(8-16)12-14-13(18-15-12)10-4-3-5-10/h9-11H,3-8H2,1-2H3/t11-/m1/s1. The molecule has 1 saturated carbocycles. The van der Waals surface area contributed by atoms with Crippen LogP contribution in [0, 0.1) is 0 Å². The van der Waals surface area contributed by atoms with Crippen LogP contribution in [0.25, 0.3) is 0 Å². The van der Waals surface area contributed by atoms with Crippen LogP contribution in [-0.2, 0) is 4.74 Å². The molecule has 1 aliphatic carbocycles. The average molecular weight is 251 g/mol. The van der Waals surface area contributed by atoms with Gasteiger partial charge in [-0.15, -0.1) is 0 Å². The highest BCUT2D eigenvalue weighted by Crippen LogP contribution is 2.35. The number of ether oxygens (including phenoxy) is 1. The number of nitrogens with zero attached hydrogens (tertiary/aromatic N) is 3. The van der Waals surface area contributed by atoms with Crippen LogP contribution in [0.15, 0.2) is 4.52 Å². The summed E-state index contributed by atoms with van der Waals surface area (Å²) in [6.45, 7) is 7.01. The Balaban J connectivity index is 1.67. The molecule has 100 valence electrons. The molecule has 0 radical (unpaired) electrons. The summed E-state index contributed by atoms with van der Waals surface area (Å²) in [5.74, 6) is 2.03. The molecule has 1 aromatic rings. The first-order valence-electron chi connectivity index (χ1n) is 6.93. The first kappa shape index (κ1) is 12.1. The van der Waals surface area contributed by atoms with E-state index in [-0.39, 0.29) is 6.10 Å². The Labute approximate surface area is 107 Å². The molecular weight excluding hydrogens is 230 g/mol. The van der Waals surface area contributed by atoms with E-state index in [4.69, 9.17) is 9.26 Å². The van der Waals surface area contributed by atoms with E-state index in [1.807, 2.05) is 0 Å². The van der Waals surface area contributed by atoms with Crippen molar-refractivity contribution in [1.82, 2.24) is 15.0 Å². The van der Waals surface area contributed by atoms with Crippen LogP contribution in [0.1, 0.15) is 56.8 Å². The lowest BCUT2D eigenvalue weighted by atomic mass is 9.85. The molecule has 2 heterocycles. The van der Waals surface area contributed by atoms with Crippen molar-refractivity contribution in [3.8, 4) is 0 Å². The molecule has 5 nitrogen and oxygen atoms in total. The fourth-order valence-corrected chi connectivity index (χ4v) is 2.49. The minimum absolute atomic E-state index is 0.0290. The van der Waals surface area contributed by atoms with E-state index in [1.54, 1.807) is 0 Å². The first-order valence-corrected chi connectivity index (χ1v) is 6.93. The Bertz CT molecular complexity index is 401. The molecule has 2 fully saturated rings. The minimum atomic E-state index is -0.0290. The van der Waals surface area contributed by atoms with E-state index in [0.29, 0.717) is 12.0 Å². The second-order valence-electron chi connectivity index (χ2n) is 5.57. The average Bonchev–Trinajstić information content (AvgIpc) is 2.76. The van der Waals surface area contributed by atoms with Crippen molar-refractivity contribution < 1.29 is 9.26 Å². The van der Waals surface area contributed by atoms with E-state index in [2.05, 4.69) is 28.9 Å². The number of morpholine rings is 1. The Morgan fingerprint density at radius 1 is 1.33 bits per heavy atom. The summed E-state index contributed by atoms with van der Waals surface area (Å²) in [7, 11) is 0. The molecular formula is C13H21N3O2. The summed E-state index contributed by atoms with van der Waals surface area (Å²) in [5, 5.41) is 4.10. The van der Waals surface area contributed by atoms with Crippen LogP contribution in [0.4, 0.5) is 0 Å². The Morgan fingerprint density at radius 2 is 2.17 bits per heavy atom. The summed E-state index contributed by atoms with van der Waals surface area (Å²) in [5.41, 5.74) is 0. The van der Waals surface area contributed by atoms with Crippen molar-refractivity contribution >= 4 is 0 Å². The van der Waals surface area contributed by atoms with Gasteiger partial charge in [0.25, 0.3) is 0 Å². The summed E-state index contributed by atoms with van der Waals surface area (Å²) < 4.78 is 11.1. The molecule has 0 unspecified atom stereocenters. The van der Waals surface area contributed by atoms with Gasteiger partial charge in [-0.2, -0.15) is 4.98 Å². The quantitative estimate of drug-likeness (QED) is 0.823. The Hall–Kier alpha value is -0.940. The maximum absolute atomic E-state index is 5.76. The van der Waals surface area contributed by atoms with Crippen molar-refractivity contribution in [1.29, 1.82) is 0 Å². The smallest absolute Gasteiger partial charge is 0.229 e. The zero-order valence-corrected chi connectivity index (χ0v) is 11.1.